The molecule has 1 aliphatic rings. The van der Waals surface area contributed by atoms with Gasteiger partial charge in [-0.05, 0) is 42.0 Å². The molecule has 1 fully saturated rings. The Labute approximate surface area is 158 Å². The second kappa shape index (κ2) is 8.54. The van der Waals surface area contributed by atoms with Crippen molar-refractivity contribution < 1.29 is 4.74 Å². The molecule has 0 bridgehead atoms. The summed E-state index contributed by atoms with van der Waals surface area (Å²) < 4.78 is 5.47. The first-order chi connectivity index (χ1) is 12.9. The monoisotopic (exact) mass is 362 g/mol. The third kappa shape index (κ3) is 4.18. The highest BCUT2D eigenvalue weighted by atomic mass is 32.2. The molecular weight excluding hydrogens is 338 g/mol. The lowest BCUT2D eigenvalue weighted by Crippen LogP contribution is -2.35. The van der Waals surface area contributed by atoms with E-state index in [-0.39, 0.29) is 10.9 Å². The topological polar surface area (TPSA) is 12.5 Å². The zero-order chi connectivity index (χ0) is 17.6. The van der Waals surface area contributed by atoms with Crippen molar-refractivity contribution in [3.05, 3.63) is 90.5 Å². The minimum absolute atomic E-state index is 0.0747. The van der Waals surface area contributed by atoms with E-state index in [1.54, 1.807) is 0 Å². The summed E-state index contributed by atoms with van der Waals surface area (Å²) in [5, 5.41) is 0. The Morgan fingerprint density at radius 3 is 1.88 bits per heavy atom. The predicted molar refractivity (Wildman–Crippen MR) is 108 cm³/mol. The maximum atomic E-state index is 5.47. The first-order valence-corrected chi connectivity index (χ1v) is 10.4. The summed E-state index contributed by atoms with van der Waals surface area (Å²) in [6, 6.07) is 30.8. The van der Waals surface area contributed by atoms with Gasteiger partial charge in [0.1, 0.15) is 0 Å². The summed E-state index contributed by atoms with van der Waals surface area (Å²) in [4.78, 5) is 6.59. The molecule has 2 nitrogen and oxygen atoms in total. The Bertz CT molecular complexity index is 776. The first-order valence-electron chi connectivity index (χ1n) is 9.13. The van der Waals surface area contributed by atoms with E-state index in [0.717, 1.165) is 32.8 Å². The van der Waals surface area contributed by atoms with Crippen LogP contribution in [0.3, 0.4) is 0 Å². The van der Waals surface area contributed by atoms with Gasteiger partial charge in [-0.1, -0.05) is 48.5 Å². The highest BCUT2D eigenvalue weighted by Gasteiger charge is 2.28. The lowest BCUT2D eigenvalue weighted by molar-refractivity contribution is 0.0341. The summed E-state index contributed by atoms with van der Waals surface area (Å²) in [7, 11) is -0.0747. The van der Waals surface area contributed by atoms with Crippen molar-refractivity contribution in [2.45, 2.75) is 21.2 Å². The van der Waals surface area contributed by atoms with Crippen LogP contribution in [0.1, 0.15) is 5.56 Å². The quantitative estimate of drug-likeness (QED) is 0.614. The van der Waals surface area contributed by atoms with E-state index in [9.17, 15) is 0 Å². The Hall–Kier alpha value is -2.07. The SMILES string of the molecule is c1ccc([S+](c2ccccc2)c2cccc(CN3CCOCC3)c2)cc1. The van der Waals surface area contributed by atoms with Crippen LogP contribution in [-0.2, 0) is 22.2 Å². The molecule has 1 aliphatic heterocycles. The molecule has 0 atom stereocenters. The summed E-state index contributed by atoms with van der Waals surface area (Å²) >= 11 is 0. The van der Waals surface area contributed by atoms with Crippen LogP contribution in [0.4, 0.5) is 0 Å². The van der Waals surface area contributed by atoms with Gasteiger partial charge in [-0.3, -0.25) is 4.90 Å². The summed E-state index contributed by atoms with van der Waals surface area (Å²) in [5.41, 5.74) is 1.38. The van der Waals surface area contributed by atoms with Crippen molar-refractivity contribution in [3.8, 4) is 0 Å². The van der Waals surface area contributed by atoms with E-state index in [0.29, 0.717) is 0 Å². The molecule has 3 aromatic carbocycles. The Morgan fingerprint density at radius 1 is 0.692 bits per heavy atom. The first kappa shape index (κ1) is 17.3. The fourth-order valence-corrected chi connectivity index (χ4v) is 5.47. The highest BCUT2D eigenvalue weighted by molar-refractivity contribution is 7.97. The van der Waals surface area contributed by atoms with Gasteiger partial charge in [-0.25, -0.2) is 0 Å². The Morgan fingerprint density at radius 2 is 1.27 bits per heavy atom. The lowest BCUT2D eigenvalue weighted by Gasteiger charge is -2.26. The third-order valence-electron chi connectivity index (χ3n) is 4.60. The van der Waals surface area contributed by atoms with Gasteiger partial charge < -0.3 is 4.74 Å². The molecule has 1 saturated heterocycles. The average Bonchev–Trinajstić information content (AvgIpc) is 2.71. The number of hydrogen-bond acceptors (Lipinski definition) is 2. The van der Waals surface area contributed by atoms with Crippen molar-refractivity contribution in [2.24, 2.45) is 0 Å². The van der Waals surface area contributed by atoms with Crippen LogP contribution >= 0.6 is 0 Å². The third-order valence-corrected chi connectivity index (χ3v) is 6.81. The van der Waals surface area contributed by atoms with Crippen LogP contribution in [0.5, 0.6) is 0 Å². The molecule has 0 spiro atoms. The van der Waals surface area contributed by atoms with Gasteiger partial charge in [0.2, 0.25) is 0 Å². The molecule has 0 N–H and O–H groups in total. The normalized spacial score (nSPS) is 15.3. The molecule has 3 aromatic rings. The smallest absolute Gasteiger partial charge is 0.166 e. The van der Waals surface area contributed by atoms with Gasteiger partial charge in [-0.15, -0.1) is 0 Å². The second-order valence-electron chi connectivity index (χ2n) is 6.47. The summed E-state index contributed by atoms with van der Waals surface area (Å²) in [5.74, 6) is 0. The van der Waals surface area contributed by atoms with Crippen LogP contribution in [0, 0.1) is 0 Å². The molecule has 0 radical (unpaired) electrons. The van der Waals surface area contributed by atoms with Crippen LogP contribution in [0.2, 0.25) is 0 Å². The van der Waals surface area contributed by atoms with Gasteiger partial charge >= 0.3 is 0 Å². The highest BCUT2D eigenvalue weighted by Crippen LogP contribution is 2.31. The van der Waals surface area contributed by atoms with Crippen LogP contribution in [-0.4, -0.2) is 31.2 Å². The molecule has 3 heteroatoms. The minimum atomic E-state index is -0.0747. The van der Waals surface area contributed by atoms with Crippen LogP contribution < -0.4 is 0 Å². The van der Waals surface area contributed by atoms with Crippen molar-refractivity contribution in [2.75, 3.05) is 26.3 Å². The van der Waals surface area contributed by atoms with Crippen LogP contribution in [0.25, 0.3) is 0 Å². The fraction of sp³-hybridized carbons (Fsp3) is 0.217. The number of morpholine rings is 1. The van der Waals surface area contributed by atoms with Crippen molar-refractivity contribution in [1.29, 1.82) is 0 Å². The van der Waals surface area contributed by atoms with Gasteiger partial charge in [0.15, 0.2) is 14.7 Å². The number of ether oxygens (including phenoxy) is 1. The molecule has 0 aliphatic carbocycles. The van der Waals surface area contributed by atoms with Crippen molar-refractivity contribution >= 4 is 10.9 Å². The molecule has 132 valence electrons. The van der Waals surface area contributed by atoms with E-state index in [1.807, 2.05) is 0 Å². The molecule has 4 rings (SSSR count). The number of nitrogens with zero attached hydrogens (tertiary/aromatic N) is 1. The van der Waals surface area contributed by atoms with E-state index in [1.165, 1.54) is 20.2 Å². The standard InChI is InChI=1S/C23H24NOS/c1-3-9-21(10-4-1)26(22-11-5-2-6-12-22)23-13-7-8-20(18-23)19-24-14-16-25-17-15-24/h1-13,18H,14-17,19H2/q+1. The molecule has 0 unspecified atom stereocenters. The number of benzene rings is 3. The molecule has 0 aromatic heterocycles. The molecular formula is C23H24NOS+. The maximum absolute atomic E-state index is 5.47. The van der Waals surface area contributed by atoms with Gasteiger partial charge in [0.25, 0.3) is 0 Å². The minimum Gasteiger partial charge on any atom is -0.379 e. The Kier molecular flexibility index (Phi) is 5.70. The molecule has 0 amide bonds. The zero-order valence-corrected chi connectivity index (χ0v) is 15.7. The van der Waals surface area contributed by atoms with Gasteiger partial charge in [-0.2, -0.15) is 0 Å². The van der Waals surface area contributed by atoms with E-state index in [4.69, 9.17) is 4.74 Å². The zero-order valence-electron chi connectivity index (χ0n) is 14.9. The van der Waals surface area contributed by atoms with E-state index in [2.05, 4.69) is 89.8 Å². The van der Waals surface area contributed by atoms with E-state index >= 15 is 0 Å². The lowest BCUT2D eigenvalue weighted by atomic mass is 10.2. The Balaban J connectivity index is 1.66. The van der Waals surface area contributed by atoms with Crippen LogP contribution in [0.15, 0.2) is 99.6 Å². The largest absolute Gasteiger partial charge is 0.379 e. The van der Waals surface area contributed by atoms with Crippen molar-refractivity contribution in [1.82, 2.24) is 4.90 Å². The molecule has 1 heterocycles. The van der Waals surface area contributed by atoms with Crippen molar-refractivity contribution in [3.63, 3.8) is 0 Å². The number of rotatable bonds is 5. The molecule has 0 saturated carbocycles. The van der Waals surface area contributed by atoms with Gasteiger partial charge in [0.05, 0.1) is 24.1 Å². The average molecular weight is 363 g/mol. The van der Waals surface area contributed by atoms with E-state index < -0.39 is 0 Å². The predicted octanol–water partition coefficient (Wildman–Crippen LogP) is 4.61. The fourth-order valence-electron chi connectivity index (χ4n) is 3.31. The van der Waals surface area contributed by atoms with Gasteiger partial charge in [0, 0.05) is 19.6 Å². The summed E-state index contributed by atoms with van der Waals surface area (Å²) in [6.07, 6.45) is 0. The molecule has 26 heavy (non-hydrogen) atoms. The summed E-state index contributed by atoms with van der Waals surface area (Å²) in [6.45, 7) is 4.73. The second-order valence-corrected chi connectivity index (χ2v) is 8.49. The maximum Gasteiger partial charge on any atom is 0.166 e. The number of hydrogen-bond donors (Lipinski definition) is 0.